The van der Waals surface area contributed by atoms with E-state index in [1.165, 1.54) is 15.3 Å². The average Bonchev–Trinajstić information content (AvgIpc) is 3.18. The molecule has 1 amide bonds. The van der Waals surface area contributed by atoms with Gasteiger partial charge in [0, 0.05) is 29.0 Å². The lowest BCUT2D eigenvalue weighted by molar-refractivity contribution is 0.0746. The molecule has 1 aromatic carbocycles. The molecule has 0 aliphatic rings. The van der Waals surface area contributed by atoms with Crippen molar-refractivity contribution in [2.24, 2.45) is 7.05 Å². The Balaban J connectivity index is 1.80. The van der Waals surface area contributed by atoms with Gasteiger partial charge in [0.05, 0.1) is 18.3 Å². The van der Waals surface area contributed by atoms with E-state index in [4.69, 9.17) is 0 Å². The Hall–Kier alpha value is -2.40. The van der Waals surface area contributed by atoms with Crippen molar-refractivity contribution in [1.29, 1.82) is 0 Å². The van der Waals surface area contributed by atoms with E-state index in [1.54, 1.807) is 22.2 Å². The second kappa shape index (κ2) is 7.66. The maximum atomic E-state index is 13.1. The van der Waals surface area contributed by atoms with Crippen LogP contribution in [0.4, 0.5) is 0 Å². The van der Waals surface area contributed by atoms with Gasteiger partial charge in [-0.2, -0.15) is 5.10 Å². The SMILES string of the molecule is Cc1ccc(CN(CCc2ccccc2)C(=O)c2cnn(C)c2C)s1. The summed E-state index contributed by atoms with van der Waals surface area (Å²) in [4.78, 5) is 17.5. The molecule has 0 saturated carbocycles. The average molecular weight is 353 g/mol. The number of hydrogen-bond acceptors (Lipinski definition) is 3. The standard InChI is InChI=1S/C20H23N3OS/c1-15-9-10-18(25-15)14-23(12-11-17-7-5-4-6-8-17)20(24)19-13-21-22(3)16(19)2/h4-10,13H,11-12,14H2,1-3H3. The van der Waals surface area contributed by atoms with E-state index in [0.717, 1.165) is 12.1 Å². The number of carbonyl (C=O) groups excluding carboxylic acids is 1. The first kappa shape index (κ1) is 17.4. The zero-order chi connectivity index (χ0) is 17.8. The van der Waals surface area contributed by atoms with Crippen LogP contribution in [0.5, 0.6) is 0 Å². The monoisotopic (exact) mass is 353 g/mol. The lowest BCUT2D eigenvalue weighted by atomic mass is 10.1. The van der Waals surface area contributed by atoms with Crippen LogP contribution in [0.15, 0.2) is 48.7 Å². The Morgan fingerprint density at radius 1 is 1.16 bits per heavy atom. The number of hydrogen-bond donors (Lipinski definition) is 0. The molecular formula is C20H23N3OS. The van der Waals surface area contributed by atoms with Crippen molar-refractivity contribution in [3.8, 4) is 0 Å². The minimum atomic E-state index is 0.0487. The van der Waals surface area contributed by atoms with Crippen molar-refractivity contribution < 1.29 is 4.79 Å². The maximum absolute atomic E-state index is 13.1. The van der Waals surface area contributed by atoms with E-state index in [0.29, 0.717) is 18.7 Å². The van der Waals surface area contributed by atoms with Crippen LogP contribution < -0.4 is 0 Å². The number of aromatic nitrogens is 2. The number of carbonyl (C=O) groups is 1. The molecule has 3 rings (SSSR count). The topological polar surface area (TPSA) is 38.1 Å². The third kappa shape index (κ3) is 4.17. The lowest BCUT2D eigenvalue weighted by Gasteiger charge is -2.22. The fourth-order valence-electron chi connectivity index (χ4n) is 2.80. The zero-order valence-electron chi connectivity index (χ0n) is 14.9. The molecule has 130 valence electrons. The van der Waals surface area contributed by atoms with Gasteiger partial charge in [0.15, 0.2) is 0 Å². The minimum absolute atomic E-state index is 0.0487. The summed E-state index contributed by atoms with van der Waals surface area (Å²) in [5.74, 6) is 0.0487. The Kier molecular flexibility index (Phi) is 5.34. The van der Waals surface area contributed by atoms with Crippen molar-refractivity contribution in [2.45, 2.75) is 26.8 Å². The summed E-state index contributed by atoms with van der Waals surface area (Å²) in [7, 11) is 1.86. The molecular weight excluding hydrogens is 330 g/mol. The van der Waals surface area contributed by atoms with Crippen LogP contribution in [0.3, 0.4) is 0 Å². The number of benzene rings is 1. The van der Waals surface area contributed by atoms with Crippen LogP contribution in [-0.2, 0) is 20.0 Å². The summed E-state index contributed by atoms with van der Waals surface area (Å²) < 4.78 is 1.75. The molecule has 0 spiro atoms. The molecule has 0 bridgehead atoms. The first-order chi connectivity index (χ1) is 12.0. The van der Waals surface area contributed by atoms with Crippen LogP contribution in [0.2, 0.25) is 0 Å². The Morgan fingerprint density at radius 3 is 2.52 bits per heavy atom. The van der Waals surface area contributed by atoms with Crippen LogP contribution in [0.1, 0.15) is 31.4 Å². The molecule has 2 aromatic heterocycles. The van der Waals surface area contributed by atoms with E-state index in [-0.39, 0.29) is 5.91 Å². The molecule has 0 aliphatic carbocycles. The molecule has 5 heteroatoms. The van der Waals surface area contributed by atoms with Gasteiger partial charge in [-0.05, 0) is 38.0 Å². The minimum Gasteiger partial charge on any atom is -0.333 e. The molecule has 3 aromatic rings. The third-order valence-corrected chi connectivity index (χ3v) is 5.39. The van der Waals surface area contributed by atoms with Gasteiger partial charge in [0.1, 0.15) is 0 Å². The van der Waals surface area contributed by atoms with Gasteiger partial charge in [0.25, 0.3) is 5.91 Å². The van der Waals surface area contributed by atoms with Crippen LogP contribution in [-0.4, -0.2) is 27.1 Å². The van der Waals surface area contributed by atoms with Crippen molar-refractivity contribution in [3.63, 3.8) is 0 Å². The van der Waals surface area contributed by atoms with Gasteiger partial charge in [-0.15, -0.1) is 11.3 Å². The van der Waals surface area contributed by atoms with Crippen molar-refractivity contribution in [3.05, 3.63) is 75.2 Å². The molecule has 0 aliphatic heterocycles. The van der Waals surface area contributed by atoms with E-state index in [2.05, 4.69) is 36.3 Å². The van der Waals surface area contributed by atoms with Crippen LogP contribution >= 0.6 is 11.3 Å². The lowest BCUT2D eigenvalue weighted by Crippen LogP contribution is -2.32. The molecule has 0 fully saturated rings. The normalized spacial score (nSPS) is 10.8. The molecule has 0 unspecified atom stereocenters. The molecule has 0 atom stereocenters. The Labute approximate surface area is 152 Å². The molecule has 25 heavy (non-hydrogen) atoms. The van der Waals surface area contributed by atoms with Crippen LogP contribution in [0.25, 0.3) is 0 Å². The fourth-order valence-corrected chi connectivity index (χ4v) is 3.70. The van der Waals surface area contributed by atoms with Crippen molar-refractivity contribution in [2.75, 3.05) is 6.54 Å². The maximum Gasteiger partial charge on any atom is 0.257 e. The van der Waals surface area contributed by atoms with Crippen molar-refractivity contribution >= 4 is 17.2 Å². The highest BCUT2D eigenvalue weighted by atomic mass is 32.1. The molecule has 0 saturated heterocycles. The summed E-state index contributed by atoms with van der Waals surface area (Å²) in [6, 6.07) is 14.5. The highest BCUT2D eigenvalue weighted by Crippen LogP contribution is 2.20. The largest absolute Gasteiger partial charge is 0.333 e. The summed E-state index contributed by atoms with van der Waals surface area (Å²) in [6.07, 6.45) is 2.52. The number of amides is 1. The number of aryl methyl sites for hydroxylation is 2. The van der Waals surface area contributed by atoms with Gasteiger partial charge >= 0.3 is 0 Å². The summed E-state index contributed by atoms with van der Waals surface area (Å²) >= 11 is 1.75. The summed E-state index contributed by atoms with van der Waals surface area (Å²) in [5.41, 5.74) is 2.83. The first-order valence-corrected chi connectivity index (χ1v) is 9.23. The Bertz CT molecular complexity index is 851. The van der Waals surface area contributed by atoms with E-state index in [9.17, 15) is 4.79 Å². The van der Waals surface area contributed by atoms with Gasteiger partial charge in [0.2, 0.25) is 0 Å². The van der Waals surface area contributed by atoms with Gasteiger partial charge in [-0.25, -0.2) is 0 Å². The van der Waals surface area contributed by atoms with Crippen molar-refractivity contribution in [1.82, 2.24) is 14.7 Å². The van der Waals surface area contributed by atoms with Gasteiger partial charge in [-0.3, -0.25) is 9.48 Å². The van der Waals surface area contributed by atoms with E-state index < -0.39 is 0 Å². The number of thiophene rings is 1. The first-order valence-electron chi connectivity index (χ1n) is 8.41. The predicted octanol–water partition coefficient (Wildman–Crippen LogP) is 3.98. The fraction of sp³-hybridized carbons (Fsp3) is 0.300. The van der Waals surface area contributed by atoms with E-state index in [1.807, 2.05) is 37.1 Å². The molecule has 0 radical (unpaired) electrons. The molecule has 4 nitrogen and oxygen atoms in total. The second-order valence-corrected chi connectivity index (χ2v) is 7.61. The van der Waals surface area contributed by atoms with Gasteiger partial charge in [-0.1, -0.05) is 30.3 Å². The summed E-state index contributed by atoms with van der Waals surface area (Å²) in [6.45, 7) is 5.35. The van der Waals surface area contributed by atoms with Gasteiger partial charge < -0.3 is 4.90 Å². The highest BCUT2D eigenvalue weighted by Gasteiger charge is 2.20. The number of rotatable bonds is 6. The number of nitrogens with zero attached hydrogens (tertiary/aromatic N) is 3. The van der Waals surface area contributed by atoms with E-state index >= 15 is 0 Å². The Morgan fingerprint density at radius 2 is 1.92 bits per heavy atom. The predicted molar refractivity (Wildman–Crippen MR) is 102 cm³/mol. The quantitative estimate of drug-likeness (QED) is 0.672. The van der Waals surface area contributed by atoms with Crippen LogP contribution in [0, 0.1) is 13.8 Å². The smallest absolute Gasteiger partial charge is 0.257 e. The molecule has 0 N–H and O–H groups in total. The second-order valence-electron chi connectivity index (χ2n) is 6.24. The zero-order valence-corrected chi connectivity index (χ0v) is 15.7. The summed E-state index contributed by atoms with van der Waals surface area (Å²) in [5, 5.41) is 4.22. The molecule has 2 heterocycles. The highest BCUT2D eigenvalue weighted by molar-refractivity contribution is 7.11. The third-order valence-electron chi connectivity index (χ3n) is 4.41.